The van der Waals surface area contributed by atoms with Crippen molar-refractivity contribution in [3.8, 4) is 6.07 Å². The Hall–Kier alpha value is -2.13. The second-order valence-electron chi connectivity index (χ2n) is 4.31. The number of rotatable bonds is 7. The third-order valence-electron chi connectivity index (χ3n) is 2.77. The molecule has 6 nitrogen and oxygen atoms in total. The molecule has 1 aromatic heterocycles. The van der Waals surface area contributed by atoms with Crippen LogP contribution in [0.25, 0.3) is 0 Å². The Balaban J connectivity index is 2.92. The zero-order valence-electron chi connectivity index (χ0n) is 12.5. The van der Waals surface area contributed by atoms with Crippen molar-refractivity contribution in [2.45, 2.75) is 33.1 Å². The Labute approximate surface area is 134 Å². The first kappa shape index (κ1) is 17.9. The number of hydrogen-bond acceptors (Lipinski definition) is 6. The van der Waals surface area contributed by atoms with Gasteiger partial charge in [0.15, 0.2) is 0 Å². The number of carbonyl (C=O) groups is 2. The van der Waals surface area contributed by atoms with Gasteiger partial charge < -0.3 is 9.47 Å². The summed E-state index contributed by atoms with van der Waals surface area (Å²) in [6.07, 6.45) is 1.04. The summed E-state index contributed by atoms with van der Waals surface area (Å²) < 4.78 is 9.79. The van der Waals surface area contributed by atoms with Crippen molar-refractivity contribution in [1.29, 1.82) is 5.26 Å². The van der Waals surface area contributed by atoms with Gasteiger partial charge in [0.25, 0.3) is 0 Å². The van der Waals surface area contributed by atoms with Crippen LogP contribution >= 0.6 is 11.6 Å². The summed E-state index contributed by atoms with van der Waals surface area (Å²) in [6.45, 7) is 3.96. The van der Waals surface area contributed by atoms with E-state index in [1.807, 2.05) is 6.07 Å². The van der Waals surface area contributed by atoms with Crippen LogP contribution in [0.3, 0.4) is 0 Å². The molecular weight excluding hydrogens is 308 g/mol. The molecule has 1 rings (SSSR count). The summed E-state index contributed by atoms with van der Waals surface area (Å²) in [5.74, 6) is -0.866. The molecule has 0 amide bonds. The van der Waals surface area contributed by atoms with Gasteiger partial charge >= 0.3 is 11.9 Å². The van der Waals surface area contributed by atoms with E-state index in [9.17, 15) is 9.59 Å². The van der Waals surface area contributed by atoms with Crippen molar-refractivity contribution in [2.75, 3.05) is 13.2 Å². The van der Waals surface area contributed by atoms with Crippen LogP contribution in [0.2, 0.25) is 5.15 Å². The lowest BCUT2D eigenvalue weighted by molar-refractivity contribution is -0.143. The molecule has 0 radical (unpaired) electrons. The molecule has 7 heteroatoms. The largest absolute Gasteiger partial charge is 0.466 e. The highest BCUT2D eigenvalue weighted by atomic mass is 35.5. The van der Waals surface area contributed by atoms with Crippen molar-refractivity contribution < 1.29 is 19.1 Å². The summed E-state index contributed by atoms with van der Waals surface area (Å²) in [5, 5.41) is 8.99. The molecule has 0 saturated carbocycles. The maximum Gasteiger partial charge on any atom is 0.340 e. The van der Waals surface area contributed by atoms with E-state index in [1.54, 1.807) is 13.8 Å². The third-order valence-corrected chi connectivity index (χ3v) is 3.06. The van der Waals surface area contributed by atoms with Gasteiger partial charge in [0, 0.05) is 6.42 Å². The lowest BCUT2D eigenvalue weighted by Crippen LogP contribution is -2.12. The van der Waals surface area contributed by atoms with Crippen molar-refractivity contribution in [1.82, 2.24) is 4.98 Å². The van der Waals surface area contributed by atoms with Crippen LogP contribution in [0.1, 0.15) is 48.3 Å². The summed E-state index contributed by atoms with van der Waals surface area (Å²) in [4.78, 5) is 27.3. The molecular formula is C15H17ClN2O4. The molecule has 118 valence electrons. The number of hydrogen-bond donors (Lipinski definition) is 0. The maximum atomic E-state index is 11.9. The number of aryl methyl sites for hydroxylation is 1. The standard InChI is InChI=1S/C15H17ClN2O4/c1-3-21-13(19)7-5-6-12-11(15(20)22-4-2)8-10(9-17)14(16)18-12/h8H,3-7H2,1-2H3. The number of ether oxygens (including phenoxy) is 2. The Bertz CT molecular complexity index is 596. The highest BCUT2D eigenvalue weighted by Gasteiger charge is 2.18. The minimum absolute atomic E-state index is 0.0293. The van der Waals surface area contributed by atoms with Gasteiger partial charge in [0.1, 0.15) is 11.2 Å². The molecule has 0 saturated heterocycles. The Morgan fingerprint density at radius 1 is 1.32 bits per heavy atom. The topological polar surface area (TPSA) is 89.3 Å². The fourth-order valence-corrected chi connectivity index (χ4v) is 2.01. The van der Waals surface area contributed by atoms with Gasteiger partial charge in [-0.2, -0.15) is 5.26 Å². The summed E-state index contributed by atoms with van der Waals surface area (Å²) in [6, 6.07) is 3.24. The highest BCUT2D eigenvalue weighted by Crippen LogP contribution is 2.20. The molecule has 1 aromatic rings. The van der Waals surface area contributed by atoms with Gasteiger partial charge in [-0.05, 0) is 32.8 Å². The SMILES string of the molecule is CCOC(=O)CCCc1nc(Cl)c(C#N)cc1C(=O)OCC. The second-order valence-corrected chi connectivity index (χ2v) is 4.67. The summed E-state index contributed by atoms with van der Waals surface area (Å²) >= 11 is 5.90. The van der Waals surface area contributed by atoms with Crippen molar-refractivity contribution >= 4 is 23.5 Å². The molecule has 0 aliphatic heterocycles. The number of nitrogens with zero attached hydrogens (tertiary/aromatic N) is 2. The molecule has 0 atom stereocenters. The van der Waals surface area contributed by atoms with Crippen molar-refractivity contribution in [3.63, 3.8) is 0 Å². The summed E-state index contributed by atoms with van der Waals surface area (Å²) in [5.41, 5.74) is 0.720. The molecule has 22 heavy (non-hydrogen) atoms. The number of nitriles is 1. The Kier molecular flexibility index (Phi) is 7.33. The van der Waals surface area contributed by atoms with Crippen LogP contribution < -0.4 is 0 Å². The molecule has 1 heterocycles. The van der Waals surface area contributed by atoms with Crippen molar-refractivity contribution in [3.05, 3.63) is 28.0 Å². The van der Waals surface area contributed by atoms with Gasteiger partial charge in [-0.25, -0.2) is 9.78 Å². The van der Waals surface area contributed by atoms with E-state index in [2.05, 4.69) is 4.98 Å². The average Bonchev–Trinajstić information content (AvgIpc) is 2.48. The van der Waals surface area contributed by atoms with Gasteiger partial charge in [-0.1, -0.05) is 11.6 Å². The number of pyridine rings is 1. The zero-order valence-corrected chi connectivity index (χ0v) is 13.3. The second kappa shape index (κ2) is 9.00. The van der Waals surface area contributed by atoms with Crippen LogP contribution in [0.15, 0.2) is 6.07 Å². The molecule has 0 fully saturated rings. The van der Waals surface area contributed by atoms with E-state index >= 15 is 0 Å². The smallest absolute Gasteiger partial charge is 0.340 e. The third kappa shape index (κ3) is 5.01. The number of carbonyl (C=O) groups excluding carboxylic acids is 2. The lowest BCUT2D eigenvalue weighted by atomic mass is 10.1. The molecule has 0 spiro atoms. The first-order valence-corrected chi connectivity index (χ1v) is 7.33. The minimum atomic E-state index is -0.561. The molecule has 0 aliphatic rings. The van der Waals surface area contributed by atoms with Gasteiger partial charge in [0.05, 0.1) is 30.0 Å². The van der Waals surface area contributed by atoms with Gasteiger partial charge in [0.2, 0.25) is 0 Å². The van der Waals surface area contributed by atoms with E-state index < -0.39 is 5.97 Å². The molecule has 0 bridgehead atoms. The number of aromatic nitrogens is 1. The molecule has 0 aliphatic carbocycles. The summed E-state index contributed by atoms with van der Waals surface area (Å²) in [7, 11) is 0. The van der Waals surface area contributed by atoms with E-state index in [1.165, 1.54) is 6.07 Å². The average molecular weight is 325 g/mol. The van der Waals surface area contributed by atoms with Gasteiger partial charge in [-0.15, -0.1) is 0 Å². The quantitative estimate of drug-likeness (QED) is 0.566. The van der Waals surface area contributed by atoms with Crippen LogP contribution in [-0.2, 0) is 20.7 Å². The number of esters is 2. The van der Waals surface area contributed by atoms with Crippen LogP contribution in [0.4, 0.5) is 0 Å². The highest BCUT2D eigenvalue weighted by molar-refractivity contribution is 6.30. The first-order valence-electron chi connectivity index (χ1n) is 6.95. The predicted octanol–water partition coefficient (Wildman–Crippen LogP) is 2.67. The lowest BCUT2D eigenvalue weighted by Gasteiger charge is -2.09. The molecule has 0 aromatic carbocycles. The van der Waals surface area contributed by atoms with Crippen LogP contribution in [0.5, 0.6) is 0 Å². The normalized spacial score (nSPS) is 9.91. The van der Waals surface area contributed by atoms with E-state index in [4.69, 9.17) is 26.3 Å². The van der Waals surface area contributed by atoms with Crippen molar-refractivity contribution in [2.24, 2.45) is 0 Å². The first-order chi connectivity index (χ1) is 10.5. The monoisotopic (exact) mass is 324 g/mol. The number of halogens is 1. The van der Waals surface area contributed by atoms with Crippen LogP contribution in [0, 0.1) is 11.3 Å². The predicted molar refractivity (Wildman–Crippen MR) is 79.5 cm³/mol. The van der Waals surface area contributed by atoms with Gasteiger partial charge in [-0.3, -0.25) is 4.79 Å². The molecule has 0 N–H and O–H groups in total. The van der Waals surface area contributed by atoms with E-state index in [0.29, 0.717) is 25.1 Å². The minimum Gasteiger partial charge on any atom is -0.466 e. The van der Waals surface area contributed by atoms with E-state index in [0.717, 1.165) is 0 Å². The van der Waals surface area contributed by atoms with Crippen LogP contribution in [-0.4, -0.2) is 30.1 Å². The Morgan fingerprint density at radius 3 is 2.59 bits per heavy atom. The maximum absolute atomic E-state index is 11.9. The fourth-order valence-electron chi connectivity index (χ4n) is 1.81. The zero-order chi connectivity index (χ0) is 16.5. The molecule has 0 unspecified atom stereocenters. The fraction of sp³-hybridized carbons (Fsp3) is 0.467. The Morgan fingerprint density at radius 2 is 2.00 bits per heavy atom. The van der Waals surface area contributed by atoms with E-state index in [-0.39, 0.29) is 35.3 Å².